The molecule has 2 atom stereocenters. The third-order valence-corrected chi connectivity index (χ3v) is 5.61. The Morgan fingerprint density at radius 2 is 1.81 bits per heavy atom. The Kier molecular flexibility index (Phi) is 6.82. The molecule has 31 heavy (non-hydrogen) atoms. The van der Waals surface area contributed by atoms with Crippen molar-refractivity contribution in [3.8, 4) is 0 Å². The molecular formula is C20H23F6N3O2. The number of anilines is 1. The zero-order valence-electron chi connectivity index (χ0n) is 16.6. The van der Waals surface area contributed by atoms with Gasteiger partial charge >= 0.3 is 12.4 Å². The molecule has 2 unspecified atom stereocenters. The number of benzene rings is 1. The Hall–Kier alpha value is -2.30. The van der Waals surface area contributed by atoms with E-state index in [9.17, 15) is 35.9 Å². The monoisotopic (exact) mass is 451 g/mol. The van der Waals surface area contributed by atoms with E-state index in [1.807, 2.05) is 0 Å². The minimum Gasteiger partial charge on any atom is -0.341 e. The predicted octanol–water partition coefficient (Wildman–Crippen LogP) is 4.04. The summed E-state index contributed by atoms with van der Waals surface area (Å²) >= 11 is 0. The van der Waals surface area contributed by atoms with Crippen molar-refractivity contribution in [2.45, 2.75) is 50.5 Å². The van der Waals surface area contributed by atoms with Gasteiger partial charge < -0.3 is 15.5 Å². The summed E-state index contributed by atoms with van der Waals surface area (Å²) in [4.78, 5) is 26.5. The van der Waals surface area contributed by atoms with E-state index in [0.717, 1.165) is 25.8 Å². The molecule has 0 spiro atoms. The molecule has 0 aromatic heterocycles. The molecule has 11 heteroatoms. The van der Waals surface area contributed by atoms with E-state index < -0.39 is 35.1 Å². The first-order valence-electron chi connectivity index (χ1n) is 10.1. The van der Waals surface area contributed by atoms with Crippen LogP contribution in [0.1, 0.15) is 43.2 Å². The van der Waals surface area contributed by atoms with E-state index in [4.69, 9.17) is 0 Å². The molecule has 0 bridgehead atoms. The van der Waals surface area contributed by atoms with Gasteiger partial charge in [-0.05, 0) is 49.9 Å². The highest BCUT2D eigenvalue weighted by Gasteiger charge is 2.39. The quantitative estimate of drug-likeness (QED) is 0.680. The Morgan fingerprint density at radius 3 is 2.42 bits per heavy atom. The van der Waals surface area contributed by atoms with Crippen LogP contribution in [0, 0.1) is 5.92 Å². The highest BCUT2D eigenvalue weighted by Crippen LogP contribution is 2.39. The van der Waals surface area contributed by atoms with E-state index >= 15 is 0 Å². The maximum absolute atomic E-state index is 13.2. The number of rotatable bonds is 4. The van der Waals surface area contributed by atoms with Crippen LogP contribution in [0.3, 0.4) is 0 Å². The largest absolute Gasteiger partial charge is 0.418 e. The van der Waals surface area contributed by atoms with Crippen molar-refractivity contribution in [3.63, 3.8) is 0 Å². The lowest BCUT2D eigenvalue weighted by Gasteiger charge is -2.27. The number of carbonyl (C=O) groups excluding carboxylic acids is 2. The highest BCUT2D eigenvalue weighted by molar-refractivity contribution is 5.92. The molecule has 2 fully saturated rings. The van der Waals surface area contributed by atoms with Gasteiger partial charge in [0, 0.05) is 19.5 Å². The first-order valence-corrected chi connectivity index (χ1v) is 10.1. The SMILES string of the molecule is O=C(CC1CCN(C(=O)C2CCCCN2)C1)Nc1ccc(C(F)(F)F)cc1C(F)(F)F. The first kappa shape index (κ1) is 23.4. The van der Waals surface area contributed by atoms with Gasteiger partial charge in [-0.1, -0.05) is 6.42 Å². The molecule has 172 valence electrons. The van der Waals surface area contributed by atoms with Gasteiger partial charge in [-0.15, -0.1) is 0 Å². The minimum absolute atomic E-state index is 0.0112. The van der Waals surface area contributed by atoms with Gasteiger partial charge in [0.15, 0.2) is 0 Å². The molecule has 2 N–H and O–H groups in total. The van der Waals surface area contributed by atoms with Crippen molar-refractivity contribution < 1.29 is 35.9 Å². The summed E-state index contributed by atoms with van der Waals surface area (Å²) in [6.45, 7) is 1.55. The average Bonchev–Trinajstić information content (AvgIpc) is 3.15. The maximum Gasteiger partial charge on any atom is 0.418 e. The summed E-state index contributed by atoms with van der Waals surface area (Å²) in [6.07, 6.45) is -6.88. The average molecular weight is 451 g/mol. The number of carbonyl (C=O) groups is 2. The van der Waals surface area contributed by atoms with Gasteiger partial charge in [0.05, 0.1) is 22.9 Å². The van der Waals surface area contributed by atoms with Crippen molar-refractivity contribution in [2.75, 3.05) is 25.0 Å². The van der Waals surface area contributed by atoms with Crippen LogP contribution in [0.2, 0.25) is 0 Å². The third-order valence-electron chi connectivity index (χ3n) is 5.61. The fourth-order valence-electron chi connectivity index (χ4n) is 4.01. The molecule has 3 rings (SSSR count). The molecule has 5 nitrogen and oxygen atoms in total. The second-order valence-electron chi connectivity index (χ2n) is 7.95. The number of likely N-dealkylation sites (tertiary alicyclic amines) is 1. The van der Waals surface area contributed by atoms with Crippen LogP contribution in [0.25, 0.3) is 0 Å². The Labute approximate surface area is 175 Å². The van der Waals surface area contributed by atoms with Crippen LogP contribution in [0.5, 0.6) is 0 Å². The minimum atomic E-state index is -5.06. The summed E-state index contributed by atoms with van der Waals surface area (Å²) in [5, 5.41) is 5.25. The predicted molar refractivity (Wildman–Crippen MR) is 100 cm³/mol. The molecule has 1 aromatic carbocycles. The fourth-order valence-corrected chi connectivity index (χ4v) is 4.01. The summed E-state index contributed by atoms with van der Waals surface area (Å²) in [6, 6.07) is 0.853. The molecule has 2 aliphatic rings. The zero-order chi connectivity index (χ0) is 22.8. The number of piperidine rings is 1. The second-order valence-corrected chi connectivity index (χ2v) is 7.95. The molecule has 2 amide bonds. The van der Waals surface area contributed by atoms with E-state index in [2.05, 4.69) is 10.6 Å². The van der Waals surface area contributed by atoms with Crippen molar-refractivity contribution in [2.24, 2.45) is 5.92 Å². The smallest absolute Gasteiger partial charge is 0.341 e. The summed E-state index contributed by atoms with van der Waals surface area (Å²) in [7, 11) is 0. The number of alkyl halides is 6. The van der Waals surface area contributed by atoms with E-state index in [1.54, 1.807) is 4.90 Å². The number of amides is 2. The Balaban J connectivity index is 1.61. The van der Waals surface area contributed by atoms with E-state index in [1.165, 1.54) is 0 Å². The lowest BCUT2D eigenvalue weighted by atomic mass is 10.0. The molecule has 0 saturated carbocycles. The molecule has 2 aliphatic heterocycles. The normalized spacial score (nSPS) is 22.5. The summed E-state index contributed by atoms with van der Waals surface area (Å²) in [5.74, 6) is -0.999. The van der Waals surface area contributed by atoms with Gasteiger partial charge in [-0.25, -0.2) is 0 Å². The summed E-state index contributed by atoms with van der Waals surface area (Å²) in [5.41, 5.74) is -3.72. The number of hydrogen-bond acceptors (Lipinski definition) is 3. The van der Waals surface area contributed by atoms with Crippen molar-refractivity contribution in [1.82, 2.24) is 10.2 Å². The standard InChI is InChI=1S/C20H23F6N3O2/c21-19(22,23)13-4-5-15(14(10-13)20(24,25)26)28-17(30)9-12-6-8-29(11-12)18(31)16-3-1-2-7-27-16/h4-5,10,12,16,27H,1-3,6-9,11H2,(H,28,30). The van der Waals surface area contributed by atoms with Gasteiger partial charge in [0.1, 0.15) is 0 Å². The molecular weight excluding hydrogens is 428 g/mol. The van der Waals surface area contributed by atoms with Gasteiger partial charge in [0.2, 0.25) is 11.8 Å². The van der Waals surface area contributed by atoms with Crippen LogP contribution >= 0.6 is 0 Å². The number of halogens is 6. The number of nitrogens with one attached hydrogen (secondary N) is 2. The zero-order valence-corrected chi connectivity index (χ0v) is 16.6. The van der Waals surface area contributed by atoms with Crippen LogP contribution < -0.4 is 10.6 Å². The summed E-state index contributed by atoms with van der Waals surface area (Å²) < 4.78 is 78.0. The maximum atomic E-state index is 13.2. The van der Waals surface area contributed by atoms with Crippen LogP contribution in [-0.4, -0.2) is 42.4 Å². The lowest BCUT2D eigenvalue weighted by Crippen LogP contribution is -2.47. The van der Waals surface area contributed by atoms with Crippen LogP contribution in [-0.2, 0) is 21.9 Å². The Morgan fingerprint density at radius 1 is 1.06 bits per heavy atom. The number of hydrogen-bond donors (Lipinski definition) is 2. The van der Waals surface area contributed by atoms with Gasteiger partial charge in [-0.2, -0.15) is 26.3 Å². The van der Waals surface area contributed by atoms with Crippen molar-refractivity contribution in [1.29, 1.82) is 0 Å². The van der Waals surface area contributed by atoms with E-state index in [0.29, 0.717) is 31.6 Å². The first-order chi connectivity index (χ1) is 14.4. The van der Waals surface area contributed by atoms with Crippen molar-refractivity contribution in [3.05, 3.63) is 29.3 Å². The van der Waals surface area contributed by atoms with Crippen LogP contribution in [0.4, 0.5) is 32.0 Å². The molecule has 0 radical (unpaired) electrons. The van der Waals surface area contributed by atoms with E-state index in [-0.39, 0.29) is 30.4 Å². The van der Waals surface area contributed by atoms with Crippen molar-refractivity contribution >= 4 is 17.5 Å². The van der Waals surface area contributed by atoms with Gasteiger partial charge in [0.25, 0.3) is 0 Å². The molecule has 0 aliphatic carbocycles. The lowest BCUT2D eigenvalue weighted by molar-refractivity contribution is -0.142. The molecule has 2 heterocycles. The second kappa shape index (κ2) is 9.05. The topological polar surface area (TPSA) is 61.4 Å². The molecule has 2 saturated heterocycles. The van der Waals surface area contributed by atoms with Gasteiger partial charge in [-0.3, -0.25) is 9.59 Å². The number of nitrogens with zero attached hydrogens (tertiary/aromatic N) is 1. The molecule has 1 aromatic rings. The Bertz CT molecular complexity index is 818. The third kappa shape index (κ3) is 5.90. The highest BCUT2D eigenvalue weighted by atomic mass is 19.4. The van der Waals surface area contributed by atoms with Crippen LogP contribution in [0.15, 0.2) is 18.2 Å². The fraction of sp³-hybridized carbons (Fsp3) is 0.600.